The van der Waals surface area contributed by atoms with Crippen LogP contribution in [0, 0.1) is 25.2 Å². The summed E-state index contributed by atoms with van der Waals surface area (Å²) < 4.78 is 5.21. The van der Waals surface area contributed by atoms with Crippen molar-refractivity contribution in [2.45, 2.75) is 65.9 Å². The molecule has 2 aromatic heterocycles. The number of anilines is 1. The van der Waals surface area contributed by atoms with Crippen molar-refractivity contribution in [2.24, 2.45) is 0 Å². The molecule has 39 heavy (non-hydrogen) atoms. The van der Waals surface area contributed by atoms with Crippen LogP contribution < -0.4 is 16.0 Å². The number of alkyl carbamates (subject to hydrolysis) is 1. The van der Waals surface area contributed by atoms with Gasteiger partial charge in [-0.3, -0.25) is 10.3 Å². The minimum atomic E-state index is -0.502. The second-order valence-electron chi connectivity index (χ2n) is 10.3. The number of nitrogens with one attached hydrogen (secondary N) is 3. The first-order chi connectivity index (χ1) is 18.5. The van der Waals surface area contributed by atoms with Crippen LogP contribution in [0.5, 0.6) is 0 Å². The van der Waals surface area contributed by atoms with Gasteiger partial charge in [-0.25, -0.2) is 14.6 Å². The summed E-state index contributed by atoms with van der Waals surface area (Å²) in [6.45, 7) is 10.5. The monoisotopic (exact) mass is 548 g/mol. The van der Waals surface area contributed by atoms with Gasteiger partial charge in [0, 0.05) is 30.0 Å². The van der Waals surface area contributed by atoms with Crippen LogP contribution in [0.3, 0.4) is 0 Å². The van der Waals surface area contributed by atoms with E-state index in [2.05, 4.69) is 27.0 Å². The number of hydrogen-bond donors (Lipinski definition) is 3. The molecule has 10 heteroatoms. The summed E-state index contributed by atoms with van der Waals surface area (Å²) in [5, 5.41) is 18.3. The van der Waals surface area contributed by atoms with E-state index >= 15 is 0 Å². The number of benzene rings is 1. The van der Waals surface area contributed by atoms with E-state index in [1.54, 1.807) is 12.1 Å². The van der Waals surface area contributed by atoms with Crippen LogP contribution in [0.15, 0.2) is 36.4 Å². The zero-order chi connectivity index (χ0) is 28.4. The third kappa shape index (κ3) is 9.69. The van der Waals surface area contributed by atoms with E-state index in [9.17, 15) is 14.9 Å². The Morgan fingerprint density at radius 2 is 1.62 bits per heavy atom. The summed E-state index contributed by atoms with van der Waals surface area (Å²) in [5.74, 6) is 0. The van der Waals surface area contributed by atoms with Crippen LogP contribution in [0.4, 0.5) is 14.7 Å². The molecule has 0 radical (unpaired) electrons. The number of nitrogens with zero attached hydrogens (tertiary/aromatic N) is 3. The van der Waals surface area contributed by atoms with Crippen molar-refractivity contribution >= 4 is 28.6 Å². The Morgan fingerprint density at radius 1 is 0.949 bits per heavy atom. The average Bonchev–Trinajstić information content (AvgIpc) is 3.27. The van der Waals surface area contributed by atoms with Crippen molar-refractivity contribution in [3.63, 3.8) is 0 Å². The lowest BCUT2D eigenvalue weighted by Crippen LogP contribution is -2.33. The van der Waals surface area contributed by atoms with E-state index in [1.165, 1.54) is 11.3 Å². The van der Waals surface area contributed by atoms with Crippen LogP contribution in [0.25, 0.3) is 21.7 Å². The minimum absolute atomic E-state index is 0.318. The van der Waals surface area contributed by atoms with Crippen molar-refractivity contribution < 1.29 is 14.3 Å². The molecule has 0 aliphatic carbocycles. The van der Waals surface area contributed by atoms with E-state index in [0.29, 0.717) is 29.5 Å². The zero-order valence-corrected chi connectivity index (χ0v) is 24.0. The second-order valence-corrected chi connectivity index (χ2v) is 11.3. The fourth-order valence-electron chi connectivity index (χ4n) is 3.92. The lowest BCUT2D eigenvalue weighted by molar-refractivity contribution is 0.0527. The average molecular weight is 549 g/mol. The third-order valence-corrected chi connectivity index (χ3v) is 6.53. The molecular formula is C29H36N6O3S. The summed E-state index contributed by atoms with van der Waals surface area (Å²) in [5.41, 5.74) is 4.30. The van der Waals surface area contributed by atoms with Crippen molar-refractivity contribution in [2.75, 3.05) is 18.4 Å². The van der Waals surface area contributed by atoms with Gasteiger partial charge in [-0.2, -0.15) is 5.26 Å². The van der Waals surface area contributed by atoms with E-state index in [-0.39, 0.29) is 6.03 Å². The topological polar surface area (TPSA) is 129 Å². The Labute approximate surface area is 234 Å². The van der Waals surface area contributed by atoms with E-state index in [4.69, 9.17) is 9.72 Å². The normalized spacial score (nSPS) is 11.0. The number of rotatable bonds is 10. The number of unbranched alkanes of at least 4 members (excludes halogenated alkanes) is 3. The molecule has 0 spiro atoms. The van der Waals surface area contributed by atoms with Crippen LogP contribution in [0.2, 0.25) is 0 Å². The SMILES string of the molecule is Cc1cc(-c2sc(NC(=O)NCCCCCCNC(=O)OC(C)(C)C)nc2-c2cccc(C#N)c2)cc(C)n1. The Morgan fingerprint density at radius 3 is 2.26 bits per heavy atom. The Balaban J connectivity index is 1.54. The number of nitriles is 1. The zero-order valence-electron chi connectivity index (χ0n) is 23.2. The molecule has 0 saturated carbocycles. The summed E-state index contributed by atoms with van der Waals surface area (Å²) >= 11 is 1.39. The highest BCUT2D eigenvalue weighted by atomic mass is 32.1. The molecule has 2 heterocycles. The standard InChI is InChI=1S/C29H36N6O3S/c1-19-15-23(16-20(2)33-19)25-24(22-12-10-11-21(17-22)18-30)34-27(39-25)35-26(36)31-13-8-6-7-9-14-32-28(37)38-29(3,4)5/h10-12,15-17H,6-9,13-14H2,1-5H3,(H,32,37)(H2,31,34,35,36). The van der Waals surface area contributed by atoms with Crippen molar-refractivity contribution in [3.8, 4) is 27.8 Å². The van der Waals surface area contributed by atoms with Crippen LogP contribution in [-0.2, 0) is 4.74 Å². The summed E-state index contributed by atoms with van der Waals surface area (Å²) in [7, 11) is 0. The molecule has 206 valence electrons. The number of aromatic nitrogens is 2. The first-order valence-electron chi connectivity index (χ1n) is 13.0. The largest absolute Gasteiger partial charge is 0.444 e. The highest BCUT2D eigenvalue weighted by Gasteiger charge is 2.18. The van der Waals surface area contributed by atoms with E-state index in [0.717, 1.165) is 53.1 Å². The molecule has 0 saturated heterocycles. The van der Waals surface area contributed by atoms with Gasteiger partial charge >= 0.3 is 12.1 Å². The molecule has 0 bridgehead atoms. The maximum atomic E-state index is 12.6. The molecule has 0 aliphatic heterocycles. The summed E-state index contributed by atoms with van der Waals surface area (Å²) in [6.07, 6.45) is 3.13. The first-order valence-corrected chi connectivity index (χ1v) is 13.8. The number of ether oxygens (including phenoxy) is 1. The predicted octanol–water partition coefficient (Wildman–Crippen LogP) is 6.57. The molecule has 0 aliphatic rings. The van der Waals surface area contributed by atoms with E-state index in [1.807, 2.05) is 58.9 Å². The number of thiazole rings is 1. The highest BCUT2D eigenvalue weighted by molar-refractivity contribution is 7.19. The first kappa shape index (κ1) is 29.6. The molecule has 0 unspecified atom stereocenters. The summed E-state index contributed by atoms with van der Waals surface area (Å²) in [6, 6.07) is 13.1. The maximum Gasteiger partial charge on any atom is 0.407 e. The fraction of sp³-hybridized carbons (Fsp3) is 0.414. The van der Waals surface area contributed by atoms with Gasteiger partial charge in [0.05, 0.1) is 22.2 Å². The number of hydrogen-bond acceptors (Lipinski definition) is 7. The predicted molar refractivity (Wildman–Crippen MR) is 155 cm³/mol. The smallest absolute Gasteiger partial charge is 0.407 e. The minimum Gasteiger partial charge on any atom is -0.444 e. The molecular weight excluding hydrogens is 512 g/mol. The quantitative estimate of drug-likeness (QED) is 0.246. The van der Waals surface area contributed by atoms with Gasteiger partial charge in [0.25, 0.3) is 0 Å². The second kappa shape index (κ2) is 13.7. The van der Waals surface area contributed by atoms with Gasteiger partial charge in [-0.15, -0.1) is 0 Å². The fourth-order valence-corrected chi connectivity index (χ4v) is 4.89. The Kier molecular flexibility index (Phi) is 10.4. The van der Waals surface area contributed by atoms with Gasteiger partial charge in [-0.1, -0.05) is 36.3 Å². The van der Waals surface area contributed by atoms with Crippen LogP contribution >= 0.6 is 11.3 Å². The maximum absolute atomic E-state index is 12.6. The number of carbonyl (C=O) groups excluding carboxylic acids is 2. The number of urea groups is 1. The Hall–Kier alpha value is -3.97. The van der Waals surface area contributed by atoms with Gasteiger partial charge in [-0.05, 0) is 77.3 Å². The summed E-state index contributed by atoms with van der Waals surface area (Å²) in [4.78, 5) is 34.3. The molecule has 1 aromatic carbocycles. The molecule has 0 fully saturated rings. The van der Waals surface area contributed by atoms with Gasteiger partial charge in [0.2, 0.25) is 0 Å². The lowest BCUT2D eigenvalue weighted by atomic mass is 10.0. The molecule has 3 N–H and O–H groups in total. The number of aryl methyl sites for hydroxylation is 2. The van der Waals surface area contributed by atoms with Crippen LogP contribution in [-0.4, -0.2) is 40.8 Å². The molecule has 3 amide bonds. The van der Waals surface area contributed by atoms with Crippen molar-refractivity contribution in [1.29, 1.82) is 5.26 Å². The third-order valence-electron chi connectivity index (χ3n) is 5.51. The van der Waals surface area contributed by atoms with E-state index < -0.39 is 11.7 Å². The number of pyridine rings is 1. The number of amides is 3. The van der Waals surface area contributed by atoms with Crippen LogP contribution in [0.1, 0.15) is 63.4 Å². The lowest BCUT2D eigenvalue weighted by Gasteiger charge is -2.19. The molecule has 9 nitrogen and oxygen atoms in total. The Bertz CT molecular complexity index is 1320. The highest BCUT2D eigenvalue weighted by Crippen LogP contribution is 2.39. The van der Waals surface area contributed by atoms with Crippen molar-refractivity contribution in [3.05, 3.63) is 53.3 Å². The molecule has 0 atom stereocenters. The van der Waals surface area contributed by atoms with Crippen molar-refractivity contribution in [1.82, 2.24) is 20.6 Å². The molecule has 3 rings (SSSR count). The van der Waals surface area contributed by atoms with Gasteiger partial charge in [0.15, 0.2) is 5.13 Å². The number of carbonyl (C=O) groups is 2. The molecule has 3 aromatic rings. The van der Waals surface area contributed by atoms with Gasteiger partial charge in [0.1, 0.15) is 5.60 Å². The van der Waals surface area contributed by atoms with Gasteiger partial charge < -0.3 is 15.4 Å².